The lowest BCUT2D eigenvalue weighted by Gasteiger charge is -2.36. The minimum absolute atomic E-state index is 0.0243. The fourth-order valence-corrected chi connectivity index (χ4v) is 3.65. The smallest absolute Gasteiger partial charge is 0.335 e. The minimum Gasteiger partial charge on any atom is -0.496 e. The molecular weight excluding hydrogens is 422 g/mol. The second kappa shape index (κ2) is 9.35. The summed E-state index contributed by atoms with van der Waals surface area (Å²) in [5.74, 6) is -1.21. The molecule has 0 aliphatic carbocycles. The number of benzene rings is 2. The zero-order valence-electron chi connectivity index (χ0n) is 17.8. The second-order valence-electron chi connectivity index (χ2n) is 7.34. The molecule has 0 saturated carbocycles. The number of carbonyl (C=O) groups excluding carboxylic acids is 2. The van der Waals surface area contributed by atoms with Crippen molar-refractivity contribution in [3.8, 4) is 5.75 Å². The van der Waals surface area contributed by atoms with Crippen LogP contribution in [-0.4, -0.2) is 41.5 Å². The maximum absolute atomic E-state index is 13.1. The van der Waals surface area contributed by atoms with E-state index in [1.165, 1.54) is 28.0 Å². The largest absolute Gasteiger partial charge is 0.496 e. The van der Waals surface area contributed by atoms with Gasteiger partial charge in [0.2, 0.25) is 5.91 Å². The number of methoxy groups -OCH3 is 1. The number of hydrogen-bond acceptors (Lipinski definition) is 5. The standard InChI is InChI=1S/C25H21N3O5/c1-33-22-5-3-2-4-19(22)15-27-20-8-7-18(25(31)32)14-21(20)28(16-24(27)30)23(29)9-6-17-10-12-26-13-11-17/h2-14H,15-16H2,1H3,(H,31,32)/b9-6+. The van der Waals surface area contributed by atoms with Gasteiger partial charge in [0, 0.05) is 24.0 Å². The van der Waals surface area contributed by atoms with Crippen LogP contribution in [0.25, 0.3) is 6.08 Å². The van der Waals surface area contributed by atoms with Crippen LogP contribution in [-0.2, 0) is 16.1 Å². The van der Waals surface area contributed by atoms with E-state index in [2.05, 4.69) is 4.98 Å². The van der Waals surface area contributed by atoms with E-state index in [1.807, 2.05) is 18.2 Å². The molecule has 0 spiro atoms. The number of rotatable bonds is 6. The van der Waals surface area contributed by atoms with Crippen molar-refractivity contribution in [3.05, 3.63) is 89.8 Å². The average molecular weight is 443 g/mol. The molecule has 1 aliphatic rings. The van der Waals surface area contributed by atoms with Gasteiger partial charge in [-0.25, -0.2) is 4.79 Å². The molecule has 1 aliphatic heterocycles. The number of carboxylic acid groups (broad SMARTS) is 1. The Bertz CT molecular complexity index is 1240. The SMILES string of the molecule is COc1ccccc1CN1C(=O)CN(C(=O)/C=C/c2ccncc2)c2cc(C(=O)O)ccc21. The third-order valence-corrected chi connectivity index (χ3v) is 5.31. The van der Waals surface area contributed by atoms with Crippen LogP contribution < -0.4 is 14.5 Å². The number of aromatic nitrogens is 1. The Morgan fingerprint density at radius 3 is 2.58 bits per heavy atom. The number of carboxylic acids is 1. The van der Waals surface area contributed by atoms with Crippen LogP contribution in [0.4, 0.5) is 11.4 Å². The minimum atomic E-state index is -1.12. The van der Waals surface area contributed by atoms with Crippen LogP contribution in [0.1, 0.15) is 21.5 Å². The Balaban J connectivity index is 1.71. The van der Waals surface area contributed by atoms with Gasteiger partial charge in [0.15, 0.2) is 0 Å². The molecule has 8 heteroatoms. The Hall–Kier alpha value is -4.46. The van der Waals surface area contributed by atoms with E-state index in [0.29, 0.717) is 17.1 Å². The first-order chi connectivity index (χ1) is 16.0. The molecule has 4 rings (SSSR count). The summed E-state index contributed by atoms with van der Waals surface area (Å²) < 4.78 is 5.40. The first kappa shape index (κ1) is 21.8. The number of ether oxygens (including phenoxy) is 1. The number of carbonyl (C=O) groups is 3. The second-order valence-corrected chi connectivity index (χ2v) is 7.34. The van der Waals surface area contributed by atoms with E-state index in [0.717, 1.165) is 11.1 Å². The Labute approximate surface area is 190 Å². The first-order valence-corrected chi connectivity index (χ1v) is 10.2. The van der Waals surface area contributed by atoms with Crippen molar-refractivity contribution in [1.29, 1.82) is 0 Å². The third-order valence-electron chi connectivity index (χ3n) is 5.31. The predicted molar refractivity (Wildman–Crippen MR) is 123 cm³/mol. The first-order valence-electron chi connectivity index (χ1n) is 10.2. The molecule has 8 nitrogen and oxygen atoms in total. The number of aromatic carboxylic acids is 1. The van der Waals surface area contributed by atoms with Gasteiger partial charge in [0.25, 0.3) is 5.91 Å². The topological polar surface area (TPSA) is 100 Å². The number of para-hydroxylation sites is 1. The Morgan fingerprint density at radius 2 is 1.85 bits per heavy atom. The highest BCUT2D eigenvalue weighted by Gasteiger charge is 2.33. The highest BCUT2D eigenvalue weighted by molar-refractivity contribution is 6.15. The summed E-state index contributed by atoms with van der Waals surface area (Å²) in [6.45, 7) is 0.00187. The molecule has 3 aromatic rings. The number of nitrogens with zero attached hydrogens (tertiary/aromatic N) is 3. The molecule has 33 heavy (non-hydrogen) atoms. The van der Waals surface area contributed by atoms with Gasteiger partial charge in [-0.05, 0) is 48.0 Å². The summed E-state index contributed by atoms with van der Waals surface area (Å²) >= 11 is 0. The van der Waals surface area contributed by atoms with Crippen molar-refractivity contribution in [2.75, 3.05) is 23.5 Å². The Kier molecular flexibility index (Phi) is 6.17. The van der Waals surface area contributed by atoms with Gasteiger partial charge in [-0.2, -0.15) is 0 Å². The zero-order valence-corrected chi connectivity index (χ0v) is 17.8. The highest BCUT2D eigenvalue weighted by atomic mass is 16.5. The lowest BCUT2D eigenvalue weighted by molar-refractivity contribution is -0.120. The summed E-state index contributed by atoms with van der Waals surface area (Å²) in [7, 11) is 1.56. The van der Waals surface area contributed by atoms with E-state index in [4.69, 9.17) is 4.74 Å². The fraction of sp³-hybridized carbons (Fsp3) is 0.120. The number of fused-ring (bicyclic) bond motifs is 1. The van der Waals surface area contributed by atoms with Crippen LogP contribution >= 0.6 is 0 Å². The summed E-state index contributed by atoms with van der Waals surface area (Å²) in [6.07, 6.45) is 6.20. The highest BCUT2D eigenvalue weighted by Crippen LogP contribution is 2.36. The lowest BCUT2D eigenvalue weighted by atomic mass is 10.1. The van der Waals surface area contributed by atoms with Gasteiger partial charge < -0.3 is 14.7 Å². The summed E-state index contributed by atoms with van der Waals surface area (Å²) in [6, 6.07) is 15.2. The summed E-state index contributed by atoms with van der Waals surface area (Å²) in [5, 5.41) is 9.46. The number of amides is 2. The van der Waals surface area contributed by atoms with Crippen LogP contribution in [0.2, 0.25) is 0 Å². The Morgan fingerprint density at radius 1 is 1.09 bits per heavy atom. The van der Waals surface area contributed by atoms with E-state index in [-0.39, 0.29) is 24.6 Å². The molecule has 0 radical (unpaired) electrons. The molecule has 1 aromatic heterocycles. The van der Waals surface area contributed by atoms with Gasteiger partial charge in [-0.1, -0.05) is 18.2 Å². The van der Waals surface area contributed by atoms with Crippen molar-refractivity contribution in [2.24, 2.45) is 0 Å². The number of pyridine rings is 1. The molecule has 0 atom stereocenters. The monoisotopic (exact) mass is 443 g/mol. The third kappa shape index (κ3) is 4.59. The van der Waals surface area contributed by atoms with Crippen LogP contribution in [0.15, 0.2) is 73.1 Å². The molecule has 2 aromatic carbocycles. The quantitative estimate of drug-likeness (QED) is 0.587. The summed E-state index contributed by atoms with van der Waals surface area (Å²) in [4.78, 5) is 44.5. The summed E-state index contributed by atoms with van der Waals surface area (Å²) in [5.41, 5.74) is 2.40. The molecular formula is C25H21N3O5. The number of anilines is 2. The van der Waals surface area contributed by atoms with E-state index >= 15 is 0 Å². The zero-order chi connectivity index (χ0) is 23.4. The van der Waals surface area contributed by atoms with Crippen molar-refractivity contribution in [2.45, 2.75) is 6.54 Å². The van der Waals surface area contributed by atoms with E-state index in [1.54, 1.807) is 49.8 Å². The molecule has 0 fully saturated rings. The molecule has 2 amide bonds. The van der Waals surface area contributed by atoms with Gasteiger partial charge in [0.1, 0.15) is 12.3 Å². The van der Waals surface area contributed by atoms with Crippen molar-refractivity contribution in [1.82, 2.24) is 4.98 Å². The van der Waals surface area contributed by atoms with Gasteiger partial charge in [-0.3, -0.25) is 19.5 Å². The molecule has 1 N–H and O–H groups in total. The fourth-order valence-electron chi connectivity index (χ4n) is 3.65. The predicted octanol–water partition coefficient (Wildman–Crippen LogP) is 3.38. The van der Waals surface area contributed by atoms with Crippen molar-refractivity contribution < 1.29 is 24.2 Å². The van der Waals surface area contributed by atoms with Crippen molar-refractivity contribution in [3.63, 3.8) is 0 Å². The molecule has 0 unspecified atom stereocenters. The number of hydrogen-bond donors (Lipinski definition) is 1. The van der Waals surface area contributed by atoms with Gasteiger partial charge in [0.05, 0.1) is 30.6 Å². The van der Waals surface area contributed by atoms with Crippen LogP contribution in [0, 0.1) is 0 Å². The van der Waals surface area contributed by atoms with E-state index < -0.39 is 11.9 Å². The van der Waals surface area contributed by atoms with Gasteiger partial charge >= 0.3 is 5.97 Å². The van der Waals surface area contributed by atoms with Crippen LogP contribution in [0.3, 0.4) is 0 Å². The molecule has 2 heterocycles. The lowest BCUT2D eigenvalue weighted by Crippen LogP contribution is -2.47. The van der Waals surface area contributed by atoms with Crippen molar-refractivity contribution >= 4 is 35.2 Å². The average Bonchev–Trinajstić information content (AvgIpc) is 2.84. The van der Waals surface area contributed by atoms with Gasteiger partial charge in [-0.15, -0.1) is 0 Å². The normalized spacial score (nSPS) is 13.2. The van der Waals surface area contributed by atoms with Crippen LogP contribution in [0.5, 0.6) is 5.75 Å². The molecule has 0 saturated heterocycles. The van der Waals surface area contributed by atoms with E-state index in [9.17, 15) is 19.5 Å². The molecule has 166 valence electrons. The maximum Gasteiger partial charge on any atom is 0.335 e. The molecule has 0 bridgehead atoms. The maximum atomic E-state index is 13.1.